The first-order chi connectivity index (χ1) is 8.31. The zero-order chi connectivity index (χ0) is 12.1. The minimum atomic E-state index is 0.265. The van der Waals surface area contributed by atoms with Crippen molar-refractivity contribution in [3.05, 3.63) is 18.5 Å². The highest BCUT2D eigenvalue weighted by Crippen LogP contribution is 2.10. The second-order valence-corrected chi connectivity index (χ2v) is 4.17. The van der Waals surface area contributed by atoms with Crippen molar-refractivity contribution in [1.29, 1.82) is 0 Å². The van der Waals surface area contributed by atoms with Gasteiger partial charge in [-0.05, 0) is 12.5 Å². The van der Waals surface area contributed by atoms with Gasteiger partial charge in [0.1, 0.15) is 0 Å². The molecule has 0 N–H and O–H groups in total. The third-order valence-corrected chi connectivity index (χ3v) is 2.93. The van der Waals surface area contributed by atoms with E-state index in [1.807, 2.05) is 17.9 Å². The van der Waals surface area contributed by atoms with E-state index in [0.29, 0.717) is 6.42 Å². The zero-order valence-corrected chi connectivity index (χ0v) is 10.2. The average Bonchev–Trinajstić information content (AvgIpc) is 2.40. The van der Waals surface area contributed by atoms with Crippen LogP contribution in [0.15, 0.2) is 18.5 Å². The van der Waals surface area contributed by atoms with Crippen molar-refractivity contribution in [2.24, 2.45) is 0 Å². The molecule has 1 amide bonds. The summed E-state index contributed by atoms with van der Waals surface area (Å²) in [7, 11) is 0. The fourth-order valence-corrected chi connectivity index (χ4v) is 1.98. The maximum Gasteiger partial charge on any atom is 0.225 e. The van der Waals surface area contributed by atoms with Crippen molar-refractivity contribution in [3.8, 4) is 0 Å². The monoisotopic (exact) mass is 234 g/mol. The summed E-state index contributed by atoms with van der Waals surface area (Å²) in [4.78, 5) is 24.2. The highest BCUT2D eigenvalue weighted by molar-refractivity contribution is 5.76. The summed E-state index contributed by atoms with van der Waals surface area (Å²) in [6, 6.07) is 1.81. The summed E-state index contributed by atoms with van der Waals surface area (Å²) in [6.07, 6.45) is 5.07. The molecule has 0 atom stereocenters. The minimum Gasteiger partial charge on any atom is -0.339 e. The van der Waals surface area contributed by atoms with Crippen molar-refractivity contribution in [2.75, 3.05) is 31.1 Å². The lowest BCUT2D eigenvalue weighted by molar-refractivity contribution is -0.131. The quantitative estimate of drug-likeness (QED) is 0.780. The molecule has 1 aromatic heterocycles. The number of amides is 1. The fourth-order valence-electron chi connectivity index (χ4n) is 1.98. The van der Waals surface area contributed by atoms with E-state index in [1.54, 1.807) is 12.4 Å². The predicted molar refractivity (Wildman–Crippen MR) is 65.7 cm³/mol. The number of hydrogen-bond acceptors (Lipinski definition) is 4. The SMILES string of the molecule is CCCC(=O)N1CCN(c2ncccn2)CC1. The number of anilines is 1. The summed E-state index contributed by atoms with van der Waals surface area (Å²) >= 11 is 0. The molecule has 0 unspecified atom stereocenters. The van der Waals surface area contributed by atoms with Gasteiger partial charge in [-0.25, -0.2) is 9.97 Å². The van der Waals surface area contributed by atoms with E-state index in [1.165, 1.54) is 0 Å². The molecule has 0 saturated carbocycles. The Kier molecular flexibility index (Phi) is 3.90. The van der Waals surface area contributed by atoms with E-state index >= 15 is 0 Å². The molecule has 1 saturated heterocycles. The van der Waals surface area contributed by atoms with Gasteiger partial charge in [0.2, 0.25) is 11.9 Å². The van der Waals surface area contributed by atoms with Gasteiger partial charge < -0.3 is 9.80 Å². The zero-order valence-electron chi connectivity index (χ0n) is 10.2. The first kappa shape index (κ1) is 11.8. The normalized spacial score (nSPS) is 16.1. The fraction of sp³-hybridized carbons (Fsp3) is 0.583. The second kappa shape index (κ2) is 5.61. The van der Waals surface area contributed by atoms with Gasteiger partial charge in [-0.2, -0.15) is 0 Å². The summed E-state index contributed by atoms with van der Waals surface area (Å²) < 4.78 is 0. The number of piperazine rings is 1. The Morgan fingerprint density at radius 2 is 1.88 bits per heavy atom. The van der Waals surface area contributed by atoms with Gasteiger partial charge >= 0.3 is 0 Å². The van der Waals surface area contributed by atoms with Crippen molar-refractivity contribution >= 4 is 11.9 Å². The molecule has 2 rings (SSSR count). The molecule has 0 radical (unpaired) electrons. The summed E-state index contributed by atoms with van der Waals surface area (Å²) in [5.41, 5.74) is 0. The summed E-state index contributed by atoms with van der Waals surface area (Å²) in [6.45, 7) is 5.22. The molecular formula is C12H18N4O. The number of nitrogens with zero attached hydrogens (tertiary/aromatic N) is 4. The van der Waals surface area contributed by atoms with Crippen LogP contribution >= 0.6 is 0 Å². The Balaban J connectivity index is 1.88. The third kappa shape index (κ3) is 2.93. The van der Waals surface area contributed by atoms with Gasteiger partial charge in [0.25, 0.3) is 0 Å². The molecule has 1 aromatic rings. The second-order valence-electron chi connectivity index (χ2n) is 4.17. The van der Waals surface area contributed by atoms with Crippen molar-refractivity contribution in [2.45, 2.75) is 19.8 Å². The van der Waals surface area contributed by atoms with E-state index < -0.39 is 0 Å². The summed E-state index contributed by atoms with van der Waals surface area (Å²) in [5, 5.41) is 0. The van der Waals surface area contributed by atoms with Crippen LogP contribution in [0.2, 0.25) is 0 Å². The van der Waals surface area contributed by atoms with Gasteiger partial charge in [-0.1, -0.05) is 6.92 Å². The third-order valence-electron chi connectivity index (χ3n) is 2.93. The first-order valence-corrected chi connectivity index (χ1v) is 6.11. The maximum absolute atomic E-state index is 11.7. The lowest BCUT2D eigenvalue weighted by Crippen LogP contribution is -2.49. The molecule has 1 aliphatic heterocycles. The molecule has 0 aromatic carbocycles. The molecule has 1 aliphatic rings. The molecule has 17 heavy (non-hydrogen) atoms. The molecule has 0 bridgehead atoms. The van der Waals surface area contributed by atoms with E-state index in [2.05, 4.69) is 14.9 Å². The molecule has 5 nitrogen and oxygen atoms in total. The van der Waals surface area contributed by atoms with Crippen LogP contribution in [-0.2, 0) is 4.79 Å². The molecule has 92 valence electrons. The van der Waals surface area contributed by atoms with Crippen LogP contribution in [0.3, 0.4) is 0 Å². The van der Waals surface area contributed by atoms with Crippen LogP contribution < -0.4 is 4.90 Å². The lowest BCUT2D eigenvalue weighted by Gasteiger charge is -2.34. The Hall–Kier alpha value is -1.65. The number of rotatable bonds is 3. The Bertz CT molecular complexity index is 360. The van der Waals surface area contributed by atoms with Gasteiger partial charge in [0, 0.05) is 45.0 Å². The first-order valence-electron chi connectivity index (χ1n) is 6.11. The lowest BCUT2D eigenvalue weighted by atomic mass is 10.2. The van der Waals surface area contributed by atoms with Gasteiger partial charge in [-0.15, -0.1) is 0 Å². The number of aromatic nitrogens is 2. The minimum absolute atomic E-state index is 0.265. The average molecular weight is 234 g/mol. The Morgan fingerprint density at radius 3 is 2.47 bits per heavy atom. The largest absolute Gasteiger partial charge is 0.339 e. The molecule has 0 spiro atoms. The predicted octanol–water partition coefficient (Wildman–Crippen LogP) is 0.925. The van der Waals surface area contributed by atoms with Crippen molar-refractivity contribution < 1.29 is 4.79 Å². The van der Waals surface area contributed by atoms with Crippen molar-refractivity contribution in [1.82, 2.24) is 14.9 Å². The van der Waals surface area contributed by atoms with Crippen LogP contribution in [0, 0.1) is 0 Å². The van der Waals surface area contributed by atoms with Gasteiger partial charge in [0.15, 0.2) is 0 Å². The van der Waals surface area contributed by atoms with Crippen LogP contribution in [0.5, 0.6) is 0 Å². The smallest absolute Gasteiger partial charge is 0.225 e. The number of carbonyl (C=O) groups excluding carboxylic acids is 1. The van der Waals surface area contributed by atoms with Crippen molar-refractivity contribution in [3.63, 3.8) is 0 Å². The van der Waals surface area contributed by atoms with Crippen LogP contribution in [0.4, 0.5) is 5.95 Å². The van der Waals surface area contributed by atoms with E-state index in [0.717, 1.165) is 38.5 Å². The maximum atomic E-state index is 11.7. The molecule has 2 heterocycles. The Labute approximate surface area is 101 Å². The molecular weight excluding hydrogens is 216 g/mol. The molecule has 5 heteroatoms. The molecule has 1 fully saturated rings. The van der Waals surface area contributed by atoms with Crippen LogP contribution in [0.25, 0.3) is 0 Å². The Morgan fingerprint density at radius 1 is 1.24 bits per heavy atom. The standard InChI is InChI=1S/C12H18N4O/c1-2-4-11(17)15-7-9-16(10-8-15)12-13-5-3-6-14-12/h3,5-6H,2,4,7-10H2,1H3. The van der Waals surface area contributed by atoms with Gasteiger partial charge in [-0.3, -0.25) is 4.79 Å². The highest BCUT2D eigenvalue weighted by atomic mass is 16.2. The number of carbonyl (C=O) groups is 1. The van der Waals surface area contributed by atoms with Crippen LogP contribution in [-0.4, -0.2) is 47.0 Å². The summed E-state index contributed by atoms with van der Waals surface area (Å²) in [5.74, 6) is 1.02. The number of hydrogen-bond donors (Lipinski definition) is 0. The van der Waals surface area contributed by atoms with E-state index in [-0.39, 0.29) is 5.91 Å². The topological polar surface area (TPSA) is 49.3 Å². The van der Waals surface area contributed by atoms with E-state index in [4.69, 9.17) is 0 Å². The highest BCUT2D eigenvalue weighted by Gasteiger charge is 2.21. The van der Waals surface area contributed by atoms with Gasteiger partial charge in [0.05, 0.1) is 0 Å². The van der Waals surface area contributed by atoms with E-state index in [9.17, 15) is 4.79 Å². The molecule has 0 aliphatic carbocycles. The van der Waals surface area contributed by atoms with Crippen LogP contribution in [0.1, 0.15) is 19.8 Å².